The highest BCUT2D eigenvalue weighted by atomic mass is 35.5. The summed E-state index contributed by atoms with van der Waals surface area (Å²) < 4.78 is 0. The minimum absolute atomic E-state index is 0.155. The summed E-state index contributed by atoms with van der Waals surface area (Å²) in [5, 5.41) is 3.95. The van der Waals surface area contributed by atoms with Crippen molar-refractivity contribution in [2.45, 2.75) is 33.7 Å². The second-order valence-corrected chi connectivity index (χ2v) is 7.02. The molecule has 0 heterocycles. The molecule has 0 unspecified atom stereocenters. The maximum absolute atomic E-state index is 12.2. The number of hydrogen-bond donors (Lipinski definition) is 1. The standard InChI is InChI=1S/C20H22Cl2N2O2/c1-13-10-14(2)20(18(22)11-13)24(15(3)25)9-8-19(26)23-12-16-6-4-5-7-17(16)21/h4-7,10-11H,8-9,12H2,1-3H3,(H,23,26). The number of rotatable bonds is 6. The Morgan fingerprint density at radius 3 is 2.38 bits per heavy atom. The molecule has 2 rings (SSSR count). The monoisotopic (exact) mass is 392 g/mol. The molecule has 4 nitrogen and oxygen atoms in total. The number of anilines is 1. The Kier molecular flexibility index (Phi) is 7.06. The highest BCUT2D eigenvalue weighted by Gasteiger charge is 2.18. The van der Waals surface area contributed by atoms with Crippen LogP contribution in [-0.2, 0) is 16.1 Å². The van der Waals surface area contributed by atoms with Crippen LogP contribution in [0.25, 0.3) is 0 Å². The van der Waals surface area contributed by atoms with Crippen LogP contribution in [0.5, 0.6) is 0 Å². The Hall–Kier alpha value is -2.04. The van der Waals surface area contributed by atoms with Crippen molar-refractivity contribution in [3.8, 4) is 0 Å². The number of carbonyl (C=O) groups is 2. The van der Waals surface area contributed by atoms with E-state index >= 15 is 0 Å². The highest BCUT2D eigenvalue weighted by Crippen LogP contribution is 2.31. The highest BCUT2D eigenvalue weighted by molar-refractivity contribution is 6.34. The van der Waals surface area contributed by atoms with Crippen LogP contribution in [0, 0.1) is 13.8 Å². The largest absolute Gasteiger partial charge is 0.352 e. The van der Waals surface area contributed by atoms with Gasteiger partial charge in [0, 0.05) is 31.5 Å². The van der Waals surface area contributed by atoms with Gasteiger partial charge in [-0.05, 0) is 42.7 Å². The number of aryl methyl sites for hydroxylation is 2. The number of nitrogens with zero attached hydrogens (tertiary/aromatic N) is 1. The normalized spacial score (nSPS) is 10.5. The molecule has 2 aromatic rings. The van der Waals surface area contributed by atoms with E-state index in [4.69, 9.17) is 23.2 Å². The molecule has 26 heavy (non-hydrogen) atoms. The lowest BCUT2D eigenvalue weighted by molar-refractivity contribution is -0.121. The van der Waals surface area contributed by atoms with Crippen LogP contribution in [0.1, 0.15) is 30.0 Å². The van der Waals surface area contributed by atoms with Crippen LogP contribution in [-0.4, -0.2) is 18.4 Å². The summed E-state index contributed by atoms with van der Waals surface area (Å²) in [6, 6.07) is 11.1. The lowest BCUT2D eigenvalue weighted by Crippen LogP contribution is -2.34. The second kappa shape index (κ2) is 9.06. The molecule has 0 spiro atoms. The van der Waals surface area contributed by atoms with E-state index in [1.165, 1.54) is 6.92 Å². The van der Waals surface area contributed by atoms with E-state index in [1.54, 1.807) is 11.0 Å². The van der Waals surface area contributed by atoms with Gasteiger partial charge in [-0.15, -0.1) is 0 Å². The maximum atomic E-state index is 12.2. The molecule has 0 radical (unpaired) electrons. The molecule has 0 aliphatic carbocycles. The van der Waals surface area contributed by atoms with Crippen molar-refractivity contribution in [1.29, 1.82) is 0 Å². The molecule has 0 saturated carbocycles. The third-order valence-corrected chi connectivity index (χ3v) is 4.70. The molecule has 0 aromatic heterocycles. The fraction of sp³-hybridized carbons (Fsp3) is 0.300. The van der Waals surface area contributed by atoms with E-state index in [0.717, 1.165) is 16.7 Å². The Labute approximate surface area is 164 Å². The quantitative estimate of drug-likeness (QED) is 0.776. The molecule has 6 heteroatoms. The van der Waals surface area contributed by atoms with E-state index < -0.39 is 0 Å². The molecule has 0 atom stereocenters. The van der Waals surface area contributed by atoms with Gasteiger partial charge >= 0.3 is 0 Å². The molecule has 0 saturated heterocycles. The molecule has 1 N–H and O–H groups in total. The van der Waals surface area contributed by atoms with Crippen molar-refractivity contribution in [3.05, 3.63) is 63.1 Å². The number of halogens is 2. The molecule has 2 aromatic carbocycles. The first-order valence-electron chi connectivity index (χ1n) is 8.34. The lowest BCUT2D eigenvalue weighted by Gasteiger charge is -2.24. The minimum Gasteiger partial charge on any atom is -0.352 e. The van der Waals surface area contributed by atoms with Gasteiger partial charge in [-0.25, -0.2) is 0 Å². The molecule has 0 bridgehead atoms. The average Bonchev–Trinajstić information content (AvgIpc) is 2.55. The first kappa shape index (κ1) is 20.3. The number of nitrogens with one attached hydrogen (secondary N) is 1. The van der Waals surface area contributed by atoms with Crippen molar-refractivity contribution >= 4 is 40.7 Å². The lowest BCUT2D eigenvalue weighted by atomic mass is 10.1. The third-order valence-electron chi connectivity index (χ3n) is 4.04. The fourth-order valence-corrected chi connectivity index (χ4v) is 3.44. The van der Waals surface area contributed by atoms with Crippen molar-refractivity contribution in [3.63, 3.8) is 0 Å². The van der Waals surface area contributed by atoms with E-state index in [1.807, 2.05) is 44.2 Å². The van der Waals surface area contributed by atoms with Gasteiger partial charge in [-0.3, -0.25) is 9.59 Å². The van der Waals surface area contributed by atoms with Crippen LogP contribution < -0.4 is 10.2 Å². The third kappa shape index (κ3) is 5.23. The van der Waals surface area contributed by atoms with Crippen molar-refractivity contribution < 1.29 is 9.59 Å². The summed E-state index contributed by atoms with van der Waals surface area (Å²) in [5.41, 5.74) is 3.44. The predicted octanol–water partition coefficient (Wildman–Crippen LogP) is 4.67. The smallest absolute Gasteiger partial charge is 0.223 e. The number of hydrogen-bond acceptors (Lipinski definition) is 2. The number of benzene rings is 2. The van der Waals surface area contributed by atoms with Gasteiger partial charge in [-0.1, -0.05) is 47.5 Å². The Balaban J connectivity index is 2.02. The van der Waals surface area contributed by atoms with Gasteiger partial charge in [0.05, 0.1) is 10.7 Å². The van der Waals surface area contributed by atoms with Crippen molar-refractivity contribution in [2.75, 3.05) is 11.4 Å². The van der Waals surface area contributed by atoms with Crippen molar-refractivity contribution in [1.82, 2.24) is 5.32 Å². The van der Waals surface area contributed by atoms with Crippen LogP contribution in [0.4, 0.5) is 5.69 Å². The summed E-state index contributed by atoms with van der Waals surface area (Å²) in [4.78, 5) is 25.8. The Morgan fingerprint density at radius 1 is 1.08 bits per heavy atom. The van der Waals surface area contributed by atoms with Crippen molar-refractivity contribution in [2.24, 2.45) is 0 Å². The molecule has 0 aliphatic heterocycles. The van der Waals surface area contributed by atoms with Crippen LogP contribution >= 0.6 is 23.2 Å². The molecule has 138 valence electrons. The summed E-state index contributed by atoms with van der Waals surface area (Å²) in [5.74, 6) is -0.310. The average molecular weight is 393 g/mol. The second-order valence-electron chi connectivity index (χ2n) is 6.20. The SMILES string of the molecule is CC(=O)N(CCC(=O)NCc1ccccc1Cl)c1c(C)cc(C)cc1Cl. The van der Waals surface area contributed by atoms with Gasteiger partial charge < -0.3 is 10.2 Å². The molecular weight excluding hydrogens is 371 g/mol. The van der Waals surface area contributed by atoms with Crippen LogP contribution in [0.15, 0.2) is 36.4 Å². The van der Waals surface area contributed by atoms with E-state index in [9.17, 15) is 9.59 Å². The molecule has 0 fully saturated rings. The van der Waals surface area contributed by atoms with Crippen LogP contribution in [0.2, 0.25) is 10.0 Å². The van der Waals surface area contributed by atoms with Gasteiger partial charge in [-0.2, -0.15) is 0 Å². The first-order chi connectivity index (χ1) is 12.3. The number of carbonyl (C=O) groups excluding carboxylic acids is 2. The van der Waals surface area contributed by atoms with E-state index in [2.05, 4.69) is 5.32 Å². The number of amides is 2. The zero-order valence-corrected chi connectivity index (χ0v) is 16.6. The van der Waals surface area contributed by atoms with Gasteiger partial charge in [0.15, 0.2) is 0 Å². The summed E-state index contributed by atoms with van der Waals surface area (Å²) in [6.07, 6.45) is 0.174. The summed E-state index contributed by atoms with van der Waals surface area (Å²) >= 11 is 12.4. The molecular formula is C20H22Cl2N2O2. The Bertz CT molecular complexity index is 798. The summed E-state index contributed by atoms with van der Waals surface area (Å²) in [7, 11) is 0. The summed E-state index contributed by atoms with van der Waals surface area (Å²) in [6.45, 7) is 5.93. The van der Waals surface area contributed by atoms with Gasteiger partial charge in [0.25, 0.3) is 0 Å². The first-order valence-corrected chi connectivity index (χ1v) is 9.10. The van der Waals surface area contributed by atoms with E-state index in [0.29, 0.717) is 22.3 Å². The Morgan fingerprint density at radius 2 is 1.77 bits per heavy atom. The van der Waals surface area contributed by atoms with Crippen LogP contribution in [0.3, 0.4) is 0 Å². The van der Waals surface area contributed by atoms with E-state index in [-0.39, 0.29) is 24.8 Å². The van der Waals surface area contributed by atoms with Gasteiger partial charge in [0.2, 0.25) is 11.8 Å². The minimum atomic E-state index is -0.156. The predicted molar refractivity (Wildman–Crippen MR) is 107 cm³/mol. The zero-order chi connectivity index (χ0) is 19.3. The van der Waals surface area contributed by atoms with Gasteiger partial charge in [0.1, 0.15) is 0 Å². The molecule has 0 aliphatic rings. The zero-order valence-electron chi connectivity index (χ0n) is 15.1. The topological polar surface area (TPSA) is 49.4 Å². The molecule has 2 amide bonds. The fourth-order valence-electron chi connectivity index (χ4n) is 2.81. The maximum Gasteiger partial charge on any atom is 0.223 e.